The maximum atomic E-state index is 5.77. The molecule has 0 atom stereocenters. The van der Waals surface area contributed by atoms with Crippen molar-refractivity contribution in [2.45, 2.75) is 44.6 Å². The predicted molar refractivity (Wildman–Crippen MR) is 57.7 cm³/mol. The highest BCUT2D eigenvalue weighted by atomic mass is 35.5. The first-order chi connectivity index (χ1) is 5.72. The van der Waals surface area contributed by atoms with E-state index in [4.69, 9.17) is 23.8 Å². The molecular formula is C9H16ClNS. The maximum Gasteiger partial charge on any atom is 0.169 e. The standard InChI is InChI=1S/C9H16ClNS/c1-11(9(10)12)8-6-4-2-3-5-7-8/h8H,2-7H2,1H3. The fraction of sp³-hybridized carbons (Fsp3) is 0.889. The summed E-state index contributed by atoms with van der Waals surface area (Å²) in [5.74, 6) is 0. The first kappa shape index (κ1) is 10.3. The van der Waals surface area contributed by atoms with Gasteiger partial charge in [0.1, 0.15) is 0 Å². The minimum atomic E-state index is 0.516. The van der Waals surface area contributed by atoms with E-state index in [2.05, 4.69) is 0 Å². The largest absolute Gasteiger partial charge is 0.353 e. The molecule has 0 aliphatic heterocycles. The monoisotopic (exact) mass is 205 g/mol. The highest BCUT2D eigenvalue weighted by molar-refractivity contribution is 7.83. The predicted octanol–water partition coefficient (Wildman–Crippen LogP) is 3.16. The Morgan fingerprint density at radius 2 is 1.75 bits per heavy atom. The molecule has 0 aromatic carbocycles. The smallest absolute Gasteiger partial charge is 0.169 e. The van der Waals surface area contributed by atoms with Crippen LogP contribution in [-0.4, -0.2) is 22.4 Å². The molecule has 0 aromatic rings. The highest BCUT2D eigenvalue weighted by Crippen LogP contribution is 2.21. The van der Waals surface area contributed by atoms with Crippen molar-refractivity contribution in [3.63, 3.8) is 0 Å². The van der Waals surface area contributed by atoms with Crippen LogP contribution in [-0.2, 0) is 0 Å². The van der Waals surface area contributed by atoms with Gasteiger partial charge in [0.25, 0.3) is 0 Å². The third-order valence-corrected chi connectivity index (χ3v) is 3.20. The summed E-state index contributed by atoms with van der Waals surface area (Å²) in [5.41, 5.74) is 0. The molecule has 0 bridgehead atoms. The van der Waals surface area contributed by atoms with E-state index in [1.807, 2.05) is 11.9 Å². The van der Waals surface area contributed by atoms with Crippen LogP contribution in [0.2, 0.25) is 0 Å². The zero-order chi connectivity index (χ0) is 8.97. The molecule has 1 aliphatic rings. The van der Waals surface area contributed by atoms with Gasteiger partial charge >= 0.3 is 0 Å². The van der Waals surface area contributed by atoms with Crippen LogP contribution in [0.3, 0.4) is 0 Å². The molecule has 0 radical (unpaired) electrons. The summed E-state index contributed by atoms with van der Waals surface area (Å²) < 4.78 is 0.516. The topological polar surface area (TPSA) is 3.24 Å². The molecule has 0 unspecified atom stereocenters. The zero-order valence-electron chi connectivity index (χ0n) is 7.55. The number of hydrogen-bond acceptors (Lipinski definition) is 1. The van der Waals surface area contributed by atoms with E-state index < -0.39 is 0 Å². The van der Waals surface area contributed by atoms with Gasteiger partial charge in [-0.25, -0.2) is 0 Å². The van der Waals surface area contributed by atoms with Gasteiger partial charge < -0.3 is 4.90 Å². The van der Waals surface area contributed by atoms with Crippen molar-refractivity contribution in [1.29, 1.82) is 0 Å². The molecule has 1 saturated carbocycles. The Kier molecular flexibility index (Phi) is 4.30. The first-order valence-electron chi connectivity index (χ1n) is 4.64. The Hall–Kier alpha value is 0.180. The van der Waals surface area contributed by atoms with Crippen molar-refractivity contribution in [2.24, 2.45) is 0 Å². The minimum absolute atomic E-state index is 0.516. The number of nitrogens with zero attached hydrogens (tertiary/aromatic N) is 1. The summed E-state index contributed by atoms with van der Waals surface area (Å²) in [6.07, 6.45) is 7.91. The molecule has 3 heteroatoms. The molecule has 0 spiro atoms. The second kappa shape index (κ2) is 5.03. The normalized spacial score (nSPS) is 20.2. The van der Waals surface area contributed by atoms with E-state index in [-0.39, 0.29) is 0 Å². The molecule has 0 heterocycles. The third-order valence-electron chi connectivity index (χ3n) is 2.65. The average molecular weight is 206 g/mol. The molecule has 0 saturated heterocycles. The second-order valence-electron chi connectivity index (χ2n) is 3.51. The van der Waals surface area contributed by atoms with Crippen LogP contribution in [0, 0.1) is 0 Å². The van der Waals surface area contributed by atoms with Crippen LogP contribution in [0.15, 0.2) is 0 Å². The van der Waals surface area contributed by atoms with Gasteiger partial charge in [0.05, 0.1) is 0 Å². The lowest BCUT2D eigenvalue weighted by molar-refractivity contribution is 0.339. The molecule has 1 fully saturated rings. The van der Waals surface area contributed by atoms with E-state index in [1.165, 1.54) is 38.5 Å². The van der Waals surface area contributed by atoms with Gasteiger partial charge in [0.15, 0.2) is 4.45 Å². The summed E-state index contributed by atoms with van der Waals surface area (Å²) in [7, 11) is 2.01. The Morgan fingerprint density at radius 1 is 1.25 bits per heavy atom. The molecule has 1 rings (SSSR count). The van der Waals surface area contributed by atoms with E-state index in [1.54, 1.807) is 0 Å². The van der Waals surface area contributed by atoms with E-state index in [9.17, 15) is 0 Å². The number of hydrogen-bond donors (Lipinski definition) is 0. The van der Waals surface area contributed by atoms with Crippen LogP contribution in [0.25, 0.3) is 0 Å². The lowest BCUT2D eigenvalue weighted by atomic mass is 10.1. The summed E-state index contributed by atoms with van der Waals surface area (Å²) in [6, 6.07) is 0.595. The Morgan fingerprint density at radius 3 is 2.17 bits per heavy atom. The average Bonchev–Trinajstić information content (AvgIpc) is 2.30. The number of halogens is 1. The van der Waals surface area contributed by atoms with Gasteiger partial charge in [-0.2, -0.15) is 0 Å². The van der Waals surface area contributed by atoms with Gasteiger partial charge in [0, 0.05) is 13.1 Å². The highest BCUT2D eigenvalue weighted by Gasteiger charge is 2.17. The fourth-order valence-corrected chi connectivity index (χ4v) is 2.08. The summed E-state index contributed by atoms with van der Waals surface area (Å²) >= 11 is 10.7. The second-order valence-corrected chi connectivity index (χ2v) is 4.48. The van der Waals surface area contributed by atoms with Crippen LogP contribution < -0.4 is 0 Å². The minimum Gasteiger partial charge on any atom is -0.353 e. The lowest BCUT2D eigenvalue weighted by Gasteiger charge is -2.26. The zero-order valence-corrected chi connectivity index (χ0v) is 9.13. The Balaban J connectivity index is 2.42. The number of thiocarbonyl (C=S) groups is 1. The van der Waals surface area contributed by atoms with Crippen molar-refractivity contribution < 1.29 is 0 Å². The van der Waals surface area contributed by atoms with Gasteiger partial charge in [-0.1, -0.05) is 37.3 Å². The molecule has 12 heavy (non-hydrogen) atoms. The van der Waals surface area contributed by atoms with Gasteiger partial charge in [-0.15, -0.1) is 0 Å². The van der Waals surface area contributed by atoms with Gasteiger partial charge in [-0.05, 0) is 25.1 Å². The summed E-state index contributed by atoms with van der Waals surface area (Å²) in [5, 5.41) is 0. The number of rotatable bonds is 1. The molecule has 1 nitrogen and oxygen atoms in total. The van der Waals surface area contributed by atoms with Crippen LogP contribution in [0.4, 0.5) is 0 Å². The molecule has 0 aromatic heterocycles. The van der Waals surface area contributed by atoms with Crippen molar-refractivity contribution in [3.05, 3.63) is 0 Å². The van der Waals surface area contributed by atoms with Crippen LogP contribution >= 0.6 is 23.8 Å². The fourth-order valence-electron chi connectivity index (χ4n) is 1.79. The summed E-state index contributed by atoms with van der Waals surface area (Å²) in [4.78, 5) is 2.04. The molecular weight excluding hydrogens is 190 g/mol. The maximum absolute atomic E-state index is 5.77. The van der Waals surface area contributed by atoms with Crippen LogP contribution in [0.5, 0.6) is 0 Å². The Bertz CT molecular complexity index is 153. The summed E-state index contributed by atoms with van der Waals surface area (Å²) in [6.45, 7) is 0. The lowest BCUT2D eigenvalue weighted by Crippen LogP contribution is -2.32. The quantitative estimate of drug-likeness (QED) is 0.280. The van der Waals surface area contributed by atoms with Crippen molar-refractivity contribution in [2.75, 3.05) is 7.05 Å². The molecule has 70 valence electrons. The molecule has 0 N–H and O–H groups in total. The SMILES string of the molecule is CN(C(=S)Cl)C1CCCCCC1. The molecule has 1 aliphatic carbocycles. The van der Waals surface area contributed by atoms with E-state index in [0.29, 0.717) is 10.5 Å². The molecule has 0 amide bonds. The van der Waals surface area contributed by atoms with E-state index in [0.717, 1.165) is 0 Å². The van der Waals surface area contributed by atoms with Crippen molar-refractivity contribution in [1.82, 2.24) is 4.90 Å². The van der Waals surface area contributed by atoms with Crippen molar-refractivity contribution in [3.8, 4) is 0 Å². The van der Waals surface area contributed by atoms with Gasteiger partial charge in [0.2, 0.25) is 0 Å². The van der Waals surface area contributed by atoms with Crippen LogP contribution in [0.1, 0.15) is 38.5 Å². The van der Waals surface area contributed by atoms with Gasteiger partial charge in [-0.3, -0.25) is 0 Å². The third kappa shape index (κ3) is 2.91. The van der Waals surface area contributed by atoms with E-state index >= 15 is 0 Å². The Labute approximate surface area is 85.1 Å². The first-order valence-corrected chi connectivity index (χ1v) is 5.42. The van der Waals surface area contributed by atoms with Crippen molar-refractivity contribution >= 4 is 28.3 Å².